The van der Waals surface area contributed by atoms with E-state index < -0.39 is 24.5 Å². The van der Waals surface area contributed by atoms with Gasteiger partial charge < -0.3 is 10.4 Å². The lowest BCUT2D eigenvalue weighted by atomic mass is 10.2. The normalized spacial score (nSPS) is 12.7. The van der Waals surface area contributed by atoms with Crippen LogP contribution < -0.4 is 11.0 Å². The van der Waals surface area contributed by atoms with Gasteiger partial charge >= 0.3 is 11.9 Å². The molecule has 35 heavy (non-hydrogen) atoms. The summed E-state index contributed by atoms with van der Waals surface area (Å²) >= 11 is 12.0. The number of aliphatic hydroxyl groups is 1. The van der Waals surface area contributed by atoms with Crippen LogP contribution in [0.1, 0.15) is 5.82 Å². The highest BCUT2D eigenvalue weighted by molar-refractivity contribution is 6.31. The van der Waals surface area contributed by atoms with E-state index in [0.29, 0.717) is 27.2 Å². The highest BCUT2D eigenvalue weighted by atomic mass is 35.5. The standard InChI is InChI=1S/C21H18Cl2F3N7O2/c1-27-19-28-17(29-33(19)15-4-2-3-14(23)9-15)11-32-20(35)31(10-16(34)21(24,25)26)18(30-32)12-5-7-13(22)8-6-12/h2-9,16,34H,10-11H2,1H3,(H,27,28,29). The van der Waals surface area contributed by atoms with Crippen molar-refractivity contribution in [2.75, 3.05) is 12.4 Å². The number of rotatable bonds is 7. The van der Waals surface area contributed by atoms with E-state index in [9.17, 15) is 23.1 Å². The Labute approximate surface area is 206 Å². The number of halogens is 5. The predicted octanol–water partition coefficient (Wildman–Crippen LogP) is 3.61. The fourth-order valence-corrected chi connectivity index (χ4v) is 3.61. The van der Waals surface area contributed by atoms with Crippen molar-refractivity contribution in [2.45, 2.75) is 25.4 Å². The molecule has 4 aromatic rings. The summed E-state index contributed by atoms with van der Waals surface area (Å²) in [6.07, 6.45) is -7.68. The Balaban J connectivity index is 1.75. The zero-order chi connectivity index (χ0) is 25.3. The number of nitrogens with zero attached hydrogens (tertiary/aromatic N) is 6. The monoisotopic (exact) mass is 527 g/mol. The van der Waals surface area contributed by atoms with Gasteiger partial charge in [0.2, 0.25) is 5.95 Å². The van der Waals surface area contributed by atoms with Gasteiger partial charge in [0, 0.05) is 22.7 Å². The Kier molecular flexibility index (Phi) is 6.88. The predicted molar refractivity (Wildman–Crippen MR) is 124 cm³/mol. The van der Waals surface area contributed by atoms with Crippen LogP contribution in [0.25, 0.3) is 17.1 Å². The number of nitrogens with one attached hydrogen (secondary N) is 1. The number of anilines is 1. The highest BCUT2D eigenvalue weighted by Gasteiger charge is 2.39. The van der Waals surface area contributed by atoms with Crippen LogP contribution in [0.2, 0.25) is 10.0 Å². The van der Waals surface area contributed by atoms with E-state index >= 15 is 0 Å². The molecule has 0 saturated carbocycles. The molecule has 2 aromatic carbocycles. The number of hydrogen-bond acceptors (Lipinski definition) is 6. The molecule has 0 saturated heterocycles. The minimum absolute atomic E-state index is 0.0712. The smallest absolute Gasteiger partial charge is 0.382 e. The lowest BCUT2D eigenvalue weighted by Gasteiger charge is -2.15. The SMILES string of the molecule is CNc1nc(Cn2nc(-c3ccc(Cl)cc3)n(CC(O)C(F)(F)F)c2=O)nn1-c1cccc(Cl)c1. The van der Waals surface area contributed by atoms with Gasteiger partial charge in [-0.15, -0.1) is 10.2 Å². The van der Waals surface area contributed by atoms with Gasteiger partial charge in [-0.25, -0.2) is 9.48 Å². The van der Waals surface area contributed by atoms with Crippen molar-refractivity contribution in [3.63, 3.8) is 0 Å². The quantitative estimate of drug-likeness (QED) is 0.380. The number of aliphatic hydroxyl groups excluding tert-OH is 1. The van der Waals surface area contributed by atoms with E-state index in [-0.39, 0.29) is 18.2 Å². The van der Waals surface area contributed by atoms with E-state index in [1.165, 1.54) is 28.9 Å². The first-order valence-corrected chi connectivity index (χ1v) is 10.9. The molecule has 0 radical (unpaired) electrons. The summed E-state index contributed by atoms with van der Waals surface area (Å²) in [5.41, 5.74) is 0.0740. The van der Waals surface area contributed by atoms with Gasteiger partial charge in [0.1, 0.15) is 6.54 Å². The number of aromatic nitrogens is 6. The molecular weight excluding hydrogens is 510 g/mol. The van der Waals surface area contributed by atoms with Crippen LogP contribution in [0.3, 0.4) is 0 Å². The summed E-state index contributed by atoms with van der Waals surface area (Å²) < 4.78 is 42.3. The summed E-state index contributed by atoms with van der Waals surface area (Å²) in [6, 6.07) is 12.9. The molecule has 2 N–H and O–H groups in total. The second kappa shape index (κ2) is 9.72. The Bertz CT molecular complexity index is 1400. The molecule has 1 unspecified atom stereocenters. The molecule has 1 atom stereocenters. The van der Waals surface area contributed by atoms with E-state index in [1.807, 2.05) is 0 Å². The maximum absolute atomic E-state index is 13.0. The summed E-state index contributed by atoms with van der Waals surface area (Å²) in [5, 5.41) is 22.0. The molecule has 9 nitrogen and oxygen atoms in total. The van der Waals surface area contributed by atoms with Crippen LogP contribution >= 0.6 is 23.2 Å². The Morgan fingerprint density at radius 2 is 1.80 bits per heavy atom. The Hall–Kier alpha value is -3.35. The zero-order valence-electron chi connectivity index (χ0n) is 18.0. The largest absolute Gasteiger partial charge is 0.416 e. The third-order valence-electron chi connectivity index (χ3n) is 4.98. The fourth-order valence-electron chi connectivity index (χ4n) is 3.30. The maximum Gasteiger partial charge on any atom is 0.416 e. The van der Waals surface area contributed by atoms with Gasteiger partial charge in [0.05, 0.1) is 12.2 Å². The Morgan fingerprint density at radius 1 is 1.09 bits per heavy atom. The summed E-state index contributed by atoms with van der Waals surface area (Å²) in [5.74, 6) is 0.443. The average Bonchev–Trinajstić information content (AvgIpc) is 3.35. The van der Waals surface area contributed by atoms with Gasteiger partial charge in [-0.2, -0.15) is 22.8 Å². The van der Waals surface area contributed by atoms with Crippen LogP contribution in [0, 0.1) is 0 Å². The van der Waals surface area contributed by atoms with Crippen molar-refractivity contribution >= 4 is 29.2 Å². The first-order valence-electron chi connectivity index (χ1n) is 10.1. The van der Waals surface area contributed by atoms with Gasteiger partial charge in [0.15, 0.2) is 17.8 Å². The van der Waals surface area contributed by atoms with Crippen LogP contribution in [-0.2, 0) is 13.1 Å². The van der Waals surface area contributed by atoms with E-state index in [4.69, 9.17) is 23.2 Å². The third kappa shape index (κ3) is 5.34. The van der Waals surface area contributed by atoms with Crippen molar-refractivity contribution in [3.8, 4) is 17.1 Å². The van der Waals surface area contributed by atoms with Crippen molar-refractivity contribution in [3.05, 3.63) is 74.9 Å². The summed E-state index contributed by atoms with van der Waals surface area (Å²) in [7, 11) is 1.63. The van der Waals surface area contributed by atoms with Gasteiger partial charge in [-0.3, -0.25) is 4.57 Å². The molecule has 0 fully saturated rings. The number of benzene rings is 2. The molecular formula is C21H18Cl2F3N7O2. The molecule has 0 bridgehead atoms. The highest BCUT2D eigenvalue weighted by Crippen LogP contribution is 2.24. The molecule has 0 aliphatic rings. The lowest BCUT2D eigenvalue weighted by Crippen LogP contribution is -2.37. The molecule has 4 rings (SSSR count). The van der Waals surface area contributed by atoms with Crippen molar-refractivity contribution in [1.82, 2.24) is 29.1 Å². The molecule has 0 aliphatic carbocycles. The second-order valence-corrected chi connectivity index (χ2v) is 8.30. The molecule has 2 aromatic heterocycles. The zero-order valence-corrected chi connectivity index (χ0v) is 19.6. The molecule has 0 aliphatic heterocycles. The maximum atomic E-state index is 13.0. The minimum Gasteiger partial charge on any atom is -0.382 e. The number of hydrogen-bond donors (Lipinski definition) is 2. The molecule has 0 amide bonds. The van der Waals surface area contributed by atoms with E-state index in [0.717, 1.165) is 9.25 Å². The van der Waals surface area contributed by atoms with Crippen molar-refractivity contribution in [1.29, 1.82) is 0 Å². The lowest BCUT2D eigenvalue weighted by molar-refractivity contribution is -0.207. The second-order valence-electron chi connectivity index (χ2n) is 7.43. The fraction of sp³-hybridized carbons (Fsp3) is 0.238. The average molecular weight is 528 g/mol. The summed E-state index contributed by atoms with van der Waals surface area (Å²) in [4.78, 5) is 17.4. The van der Waals surface area contributed by atoms with E-state index in [2.05, 4.69) is 20.5 Å². The summed E-state index contributed by atoms with van der Waals surface area (Å²) in [6.45, 7) is -1.27. The van der Waals surface area contributed by atoms with Crippen LogP contribution in [0.5, 0.6) is 0 Å². The molecule has 14 heteroatoms. The topological polar surface area (TPSA) is 103 Å². The van der Waals surface area contributed by atoms with Crippen LogP contribution in [0.4, 0.5) is 19.1 Å². The van der Waals surface area contributed by atoms with Crippen molar-refractivity contribution < 1.29 is 18.3 Å². The molecule has 0 spiro atoms. The van der Waals surface area contributed by atoms with Gasteiger partial charge in [0.25, 0.3) is 0 Å². The number of alkyl halides is 3. The first-order chi connectivity index (χ1) is 16.6. The van der Waals surface area contributed by atoms with Crippen LogP contribution in [0.15, 0.2) is 53.3 Å². The van der Waals surface area contributed by atoms with Gasteiger partial charge in [-0.05, 0) is 42.5 Å². The van der Waals surface area contributed by atoms with Crippen LogP contribution in [-0.4, -0.2) is 53.5 Å². The third-order valence-corrected chi connectivity index (χ3v) is 5.46. The van der Waals surface area contributed by atoms with Crippen molar-refractivity contribution in [2.24, 2.45) is 0 Å². The minimum atomic E-state index is -4.92. The first kappa shape index (κ1) is 24.8. The van der Waals surface area contributed by atoms with E-state index in [1.54, 1.807) is 31.3 Å². The molecule has 2 heterocycles. The Morgan fingerprint density at radius 3 is 2.43 bits per heavy atom. The molecule has 184 valence electrons. The van der Waals surface area contributed by atoms with Gasteiger partial charge in [-0.1, -0.05) is 29.3 Å².